The Kier molecular flexibility index (Phi) is 4.26. The van der Waals surface area contributed by atoms with Crippen LogP contribution in [0.25, 0.3) is 0 Å². The van der Waals surface area contributed by atoms with Crippen LogP contribution in [-0.4, -0.2) is 26.1 Å². The number of benzene rings is 1. The average molecular weight is 332 g/mol. The molecule has 11 heteroatoms. The minimum Gasteiger partial charge on any atom is -0.476 e. The molecule has 116 valence electrons. The number of alkyl halides is 3. The Balaban J connectivity index is 2.27. The summed E-state index contributed by atoms with van der Waals surface area (Å²) in [6.07, 6.45) is -4.55. The van der Waals surface area contributed by atoms with Gasteiger partial charge < -0.3 is 15.7 Å². The number of hydrogen-bond donors (Lipinski definition) is 2. The number of carboxylic acids is 1. The lowest BCUT2D eigenvalue weighted by Gasteiger charge is -2.07. The van der Waals surface area contributed by atoms with Gasteiger partial charge in [-0.25, -0.2) is 4.79 Å². The maximum absolute atomic E-state index is 12.5. The van der Waals surface area contributed by atoms with Gasteiger partial charge in [0, 0.05) is 11.5 Å². The first kappa shape index (κ1) is 15.7. The molecule has 3 N–H and O–H groups in total. The van der Waals surface area contributed by atoms with Crippen LogP contribution in [0.3, 0.4) is 0 Å². The highest BCUT2D eigenvalue weighted by Crippen LogP contribution is 2.31. The molecule has 0 fully saturated rings. The summed E-state index contributed by atoms with van der Waals surface area (Å²) in [7, 11) is 0. The Hall–Kier alpha value is -2.69. The molecule has 22 heavy (non-hydrogen) atoms. The summed E-state index contributed by atoms with van der Waals surface area (Å²) in [5.41, 5.74) is 3.70. The van der Waals surface area contributed by atoms with Crippen molar-refractivity contribution >= 4 is 28.3 Å². The van der Waals surface area contributed by atoms with E-state index in [4.69, 9.17) is 15.7 Å². The predicted octanol–water partition coefficient (Wildman–Crippen LogP) is 2.01. The third kappa shape index (κ3) is 3.69. The van der Waals surface area contributed by atoms with Gasteiger partial charge in [-0.15, -0.1) is 0 Å². The fourth-order valence-corrected chi connectivity index (χ4v) is 1.77. The lowest BCUT2D eigenvalue weighted by Crippen LogP contribution is -2.17. The molecule has 2 rings (SSSR count). The van der Waals surface area contributed by atoms with Crippen molar-refractivity contribution in [2.75, 3.05) is 5.73 Å². The van der Waals surface area contributed by atoms with Crippen molar-refractivity contribution < 1.29 is 27.9 Å². The molecule has 2 aromatic rings. The van der Waals surface area contributed by atoms with Crippen LogP contribution < -0.4 is 10.6 Å². The second-order valence-corrected chi connectivity index (χ2v) is 4.60. The highest BCUT2D eigenvalue weighted by atomic mass is 32.1. The zero-order valence-electron chi connectivity index (χ0n) is 10.5. The molecule has 0 saturated heterocycles. The molecule has 0 spiro atoms. The number of carboxylic acid groups (broad SMARTS) is 1. The zero-order chi connectivity index (χ0) is 16.3. The fraction of sp³-hybridized carbons (Fsp3) is 0.0909. The van der Waals surface area contributed by atoms with E-state index in [1.54, 1.807) is 0 Å². The van der Waals surface area contributed by atoms with Crippen molar-refractivity contribution in [1.29, 1.82) is 0 Å². The number of oxime groups is 1. The summed E-state index contributed by atoms with van der Waals surface area (Å²) in [6, 6.07) is 3.83. The van der Waals surface area contributed by atoms with E-state index in [1.807, 2.05) is 0 Å². The predicted molar refractivity (Wildman–Crippen MR) is 70.6 cm³/mol. The molecule has 7 nitrogen and oxygen atoms in total. The number of aromatic nitrogens is 2. The van der Waals surface area contributed by atoms with E-state index in [0.717, 1.165) is 23.7 Å². The summed E-state index contributed by atoms with van der Waals surface area (Å²) in [6.45, 7) is 0. The third-order valence-electron chi connectivity index (χ3n) is 2.26. The summed E-state index contributed by atoms with van der Waals surface area (Å²) in [5.74, 6) is -2.08. The van der Waals surface area contributed by atoms with Gasteiger partial charge in [0.15, 0.2) is 10.9 Å². The van der Waals surface area contributed by atoms with Gasteiger partial charge in [0.05, 0.1) is 5.56 Å². The van der Waals surface area contributed by atoms with Gasteiger partial charge in [0.1, 0.15) is 0 Å². The Labute approximate surface area is 125 Å². The van der Waals surface area contributed by atoms with Crippen LogP contribution in [0.5, 0.6) is 5.75 Å². The van der Waals surface area contributed by atoms with Gasteiger partial charge in [-0.2, -0.15) is 22.5 Å². The lowest BCUT2D eigenvalue weighted by molar-refractivity contribution is -0.137. The first-order valence-corrected chi connectivity index (χ1v) is 6.30. The van der Waals surface area contributed by atoms with Crippen LogP contribution >= 0.6 is 11.5 Å². The Morgan fingerprint density at radius 3 is 2.68 bits per heavy atom. The van der Waals surface area contributed by atoms with E-state index in [0.29, 0.717) is 6.07 Å². The molecule has 0 aliphatic carbocycles. The molecule has 0 aliphatic rings. The van der Waals surface area contributed by atoms with Crippen molar-refractivity contribution in [3.05, 3.63) is 35.7 Å². The topological polar surface area (TPSA) is 111 Å². The van der Waals surface area contributed by atoms with Crippen LogP contribution in [0.1, 0.15) is 11.4 Å². The van der Waals surface area contributed by atoms with Crippen molar-refractivity contribution in [3.63, 3.8) is 0 Å². The number of nitrogens with zero attached hydrogens (tertiary/aromatic N) is 3. The maximum atomic E-state index is 12.5. The molecule has 1 heterocycles. The van der Waals surface area contributed by atoms with Gasteiger partial charge in [-0.3, -0.25) is 0 Å². The number of aliphatic carboxylic acids is 1. The molecular weight excluding hydrogens is 325 g/mol. The average Bonchev–Trinajstić information content (AvgIpc) is 2.84. The van der Waals surface area contributed by atoms with E-state index < -0.39 is 23.4 Å². The molecule has 0 saturated carbocycles. The highest BCUT2D eigenvalue weighted by Gasteiger charge is 2.30. The van der Waals surface area contributed by atoms with Gasteiger partial charge in [-0.05, 0) is 18.2 Å². The molecule has 0 unspecified atom stereocenters. The van der Waals surface area contributed by atoms with Crippen molar-refractivity contribution in [2.24, 2.45) is 5.16 Å². The number of anilines is 1. The van der Waals surface area contributed by atoms with Crippen molar-refractivity contribution in [1.82, 2.24) is 9.36 Å². The Bertz CT molecular complexity index is 729. The summed E-state index contributed by atoms with van der Waals surface area (Å²) in [5, 5.41) is 12.3. The van der Waals surface area contributed by atoms with Crippen LogP contribution in [0.2, 0.25) is 0 Å². The van der Waals surface area contributed by atoms with Crippen LogP contribution in [-0.2, 0) is 11.0 Å². The van der Waals surface area contributed by atoms with Crippen molar-refractivity contribution in [3.8, 4) is 5.75 Å². The minimum atomic E-state index is -4.55. The number of rotatable bonds is 4. The van der Waals surface area contributed by atoms with E-state index >= 15 is 0 Å². The van der Waals surface area contributed by atoms with Gasteiger partial charge in [0.2, 0.25) is 11.5 Å². The van der Waals surface area contributed by atoms with E-state index in [-0.39, 0.29) is 16.7 Å². The Morgan fingerprint density at radius 2 is 2.14 bits per heavy atom. The summed E-state index contributed by atoms with van der Waals surface area (Å²) < 4.78 is 41.3. The SMILES string of the molecule is Nc1nc(/C(=N/Oc2cccc(C(F)(F)F)c2)C(=O)O)ns1. The normalized spacial score (nSPS) is 12.2. The van der Waals surface area contributed by atoms with E-state index in [1.165, 1.54) is 6.07 Å². The van der Waals surface area contributed by atoms with Crippen LogP contribution in [0.15, 0.2) is 29.4 Å². The number of carbonyl (C=O) groups is 1. The second-order valence-electron chi connectivity index (χ2n) is 3.82. The standard InChI is InChI=1S/C11H7F3N4O3S/c12-11(13,14)5-2-1-3-6(4-5)21-17-7(9(19)20)8-16-10(15)22-18-8/h1-4H,(H,19,20)(H2,15,16,18)/b17-7-. The van der Waals surface area contributed by atoms with Gasteiger partial charge >= 0.3 is 12.1 Å². The first-order valence-electron chi connectivity index (χ1n) is 5.52. The fourth-order valence-electron chi connectivity index (χ4n) is 1.33. The quantitative estimate of drug-likeness (QED) is 0.654. The number of halogens is 3. The first-order chi connectivity index (χ1) is 10.3. The summed E-state index contributed by atoms with van der Waals surface area (Å²) >= 11 is 0.746. The highest BCUT2D eigenvalue weighted by molar-refractivity contribution is 7.09. The lowest BCUT2D eigenvalue weighted by atomic mass is 10.2. The van der Waals surface area contributed by atoms with Gasteiger partial charge in [-0.1, -0.05) is 11.2 Å². The molecule has 1 aromatic heterocycles. The molecule has 0 aliphatic heterocycles. The zero-order valence-corrected chi connectivity index (χ0v) is 11.4. The third-order valence-corrected chi connectivity index (χ3v) is 2.80. The number of nitrogens with two attached hydrogens (primary N) is 1. The smallest absolute Gasteiger partial charge is 0.416 e. The second kappa shape index (κ2) is 5.97. The van der Waals surface area contributed by atoms with Crippen molar-refractivity contribution in [2.45, 2.75) is 6.18 Å². The molecule has 0 bridgehead atoms. The van der Waals surface area contributed by atoms with Gasteiger partial charge in [0.25, 0.3) is 0 Å². The number of nitrogen functional groups attached to an aromatic ring is 1. The molecular formula is C11H7F3N4O3S. The largest absolute Gasteiger partial charge is 0.476 e. The van der Waals surface area contributed by atoms with E-state index in [9.17, 15) is 18.0 Å². The van der Waals surface area contributed by atoms with Crippen LogP contribution in [0, 0.1) is 0 Å². The minimum absolute atomic E-state index is 0.0167. The Morgan fingerprint density at radius 1 is 1.41 bits per heavy atom. The monoisotopic (exact) mass is 332 g/mol. The molecule has 0 amide bonds. The maximum Gasteiger partial charge on any atom is 0.416 e. The molecule has 0 radical (unpaired) electrons. The number of hydrogen-bond acceptors (Lipinski definition) is 7. The molecule has 0 atom stereocenters. The summed E-state index contributed by atoms with van der Waals surface area (Å²) in [4.78, 5) is 19.4. The molecule has 1 aromatic carbocycles. The van der Waals surface area contributed by atoms with Crippen LogP contribution in [0.4, 0.5) is 18.3 Å². The van der Waals surface area contributed by atoms with E-state index in [2.05, 4.69) is 14.5 Å².